The Morgan fingerprint density at radius 1 is 1.05 bits per heavy atom. The lowest BCUT2D eigenvalue weighted by atomic mass is 9.85. The summed E-state index contributed by atoms with van der Waals surface area (Å²) in [5.41, 5.74) is 5.04. The number of hydrogen-bond acceptors (Lipinski definition) is 6. The molecule has 0 bridgehead atoms. The SMILES string of the molecule is COc1ccc(-c2cccc([C@]3(O)C[C@@H](C(N)=O)N(C(=O)C(NC(=O)OC(C)(C)C)C(C)(C)C)C3)c2)cc1. The number of nitrogens with zero attached hydrogens (tertiary/aromatic N) is 1. The lowest BCUT2D eigenvalue weighted by Gasteiger charge is -2.35. The van der Waals surface area contributed by atoms with Crippen molar-refractivity contribution in [3.05, 3.63) is 54.1 Å². The normalized spacial score (nSPS) is 20.5. The van der Waals surface area contributed by atoms with E-state index in [0.717, 1.165) is 16.9 Å². The van der Waals surface area contributed by atoms with Gasteiger partial charge in [0, 0.05) is 6.42 Å². The smallest absolute Gasteiger partial charge is 0.408 e. The van der Waals surface area contributed by atoms with Gasteiger partial charge in [0.1, 0.15) is 29.0 Å². The number of ether oxygens (including phenoxy) is 2. The fraction of sp³-hybridized carbons (Fsp3) is 0.483. The number of alkyl carbamates (subject to hydrolysis) is 1. The van der Waals surface area contributed by atoms with Crippen LogP contribution < -0.4 is 15.8 Å². The molecule has 3 amide bonds. The number of nitrogens with one attached hydrogen (secondary N) is 1. The largest absolute Gasteiger partial charge is 0.497 e. The van der Waals surface area contributed by atoms with Crippen molar-refractivity contribution in [2.24, 2.45) is 11.1 Å². The van der Waals surface area contributed by atoms with Gasteiger partial charge >= 0.3 is 6.09 Å². The van der Waals surface area contributed by atoms with E-state index in [1.807, 2.05) is 42.5 Å². The Labute approximate surface area is 224 Å². The van der Waals surface area contributed by atoms with Gasteiger partial charge in [-0.1, -0.05) is 51.1 Å². The molecule has 3 atom stereocenters. The molecule has 0 aliphatic carbocycles. The third-order valence-corrected chi connectivity index (χ3v) is 6.55. The Hall–Kier alpha value is -3.59. The zero-order valence-electron chi connectivity index (χ0n) is 23.2. The molecule has 1 saturated heterocycles. The standard InChI is InChI=1S/C29H39N3O6/c1-27(2,3)23(31-26(35)38-28(4,5)6)25(34)32-17-29(36,16-22(32)24(30)33)20-10-8-9-19(15-20)18-11-13-21(37-7)14-12-18/h8-15,22-23,36H,16-17H2,1-7H3,(H2,30,33)(H,31,35)/t22-,23?,29-/m0/s1. The second kappa shape index (κ2) is 10.6. The summed E-state index contributed by atoms with van der Waals surface area (Å²) in [6.45, 7) is 10.4. The Morgan fingerprint density at radius 3 is 2.21 bits per heavy atom. The van der Waals surface area contributed by atoms with E-state index in [1.54, 1.807) is 54.7 Å². The summed E-state index contributed by atoms with van der Waals surface area (Å²) in [6.07, 6.45) is -0.813. The molecule has 0 spiro atoms. The van der Waals surface area contributed by atoms with E-state index in [-0.39, 0.29) is 13.0 Å². The van der Waals surface area contributed by atoms with Crippen molar-refractivity contribution in [3.8, 4) is 16.9 Å². The van der Waals surface area contributed by atoms with Crippen LogP contribution in [0.3, 0.4) is 0 Å². The summed E-state index contributed by atoms with van der Waals surface area (Å²) in [6, 6.07) is 12.8. The van der Waals surface area contributed by atoms with Crippen LogP contribution in [0.5, 0.6) is 5.75 Å². The second-order valence-corrected chi connectivity index (χ2v) is 11.9. The molecule has 0 aromatic heterocycles. The van der Waals surface area contributed by atoms with E-state index in [1.165, 1.54) is 4.90 Å². The lowest BCUT2D eigenvalue weighted by Crippen LogP contribution is -2.58. The molecule has 2 aromatic rings. The molecular formula is C29H39N3O6. The minimum Gasteiger partial charge on any atom is -0.497 e. The molecule has 0 saturated carbocycles. The highest BCUT2D eigenvalue weighted by Crippen LogP contribution is 2.39. The highest BCUT2D eigenvalue weighted by atomic mass is 16.6. The summed E-state index contributed by atoms with van der Waals surface area (Å²) < 4.78 is 10.6. The maximum Gasteiger partial charge on any atom is 0.408 e. The van der Waals surface area contributed by atoms with Gasteiger partial charge in [-0.25, -0.2) is 4.79 Å². The summed E-state index contributed by atoms with van der Waals surface area (Å²) in [5, 5.41) is 14.4. The van der Waals surface area contributed by atoms with Gasteiger partial charge in [0.2, 0.25) is 11.8 Å². The molecule has 38 heavy (non-hydrogen) atoms. The summed E-state index contributed by atoms with van der Waals surface area (Å²) >= 11 is 0. The maximum atomic E-state index is 13.8. The van der Waals surface area contributed by atoms with Crippen molar-refractivity contribution < 1.29 is 29.0 Å². The molecule has 1 heterocycles. The number of primary amides is 1. The van der Waals surface area contributed by atoms with Crippen LogP contribution in [-0.4, -0.2) is 59.3 Å². The highest BCUT2D eigenvalue weighted by Gasteiger charge is 2.51. The van der Waals surface area contributed by atoms with Crippen LogP contribution in [0, 0.1) is 5.41 Å². The highest BCUT2D eigenvalue weighted by molar-refractivity contribution is 5.92. The average Bonchev–Trinajstić information content (AvgIpc) is 3.20. The van der Waals surface area contributed by atoms with Gasteiger partial charge in [-0.15, -0.1) is 0 Å². The van der Waals surface area contributed by atoms with E-state index >= 15 is 0 Å². The quantitative estimate of drug-likeness (QED) is 0.528. The maximum absolute atomic E-state index is 13.8. The number of likely N-dealkylation sites (tertiary alicyclic amines) is 1. The number of amides is 3. The zero-order chi connectivity index (χ0) is 28.5. The second-order valence-electron chi connectivity index (χ2n) is 11.9. The molecular weight excluding hydrogens is 486 g/mol. The molecule has 1 fully saturated rings. The van der Waals surface area contributed by atoms with Gasteiger partial charge in [0.05, 0.1) is 13.7 Å². The van der Waals surface area contributed by atoms with Crippen LogP contribution in [0.1, 0.15) is 53.5 Å². The van der Waals surface area contributed by atoms with Gasteiger partial charge in [-0.3, -0.25) is 9.59 Å². The number of aliphatic hydroxyl groups is 1. The molecule has 206 valence electrons. The van der Waals surface area contributed by atoms with Crippen molar-refractivity contribution >= 4 is 17.9 Å². The Kier molecular flexibility index (Phi) is 8.12. The molecule has 4 N–H and O–H groups in total. The van der Waals surface area contributed by atoms with Crippen molar-refractivity contribution in [2.45, 2.75) is 71.2 Å². The first-order valence-electron chi connectivity index (χ1n) is 12.6. The fourth-order valence-electron chi connectivity index (χ4n) is 4.59. The van der Waals surface area contributed by atoms with Crippen LogP contribution in [-0.2, 0) is 19.9 Å². The van der Waals surface area contributed by atoms with Crippen molar-refractivity contribution in [2.75, 3.05) is 13.7 Å². The van der Waals surface area contributed by atoms with Crippen LogP contribution >= 0.6 is 0 Å². The van der Waals surface area contributed by atoms with E-state index < -0.39 is 46.6 Å². The Morgan fingerprint density at radius 2 is 1.68 bits per heavy atom. The van der Waals surface area contributed by atoms with Crippen molar-refractivity contribution in [3.63, 3.8) is 0 Å². The van der Waals surface area contributed by atoms with Gasteiger partial charge in [-0.05, 0) is 61.1 Å². The minimum absolute atomic E-state index is 0.0660. The number of carbonyl (C=O) groups is 3. The van der Waals surface area contributed by atoms with Crippen LogP contribution in [0.2, 0.25) is 0 Å². The first-order valence-corrected chi connectivity index (χ1v) is 12.6. The fourth-order valence-corrected chi connectivity index (χ4v) is 4.59. The molecule has 3 rings (SSSR count). The van der Waals surface area contributed by atoms with Gasteiger partial charge in [0.25, 0.3) is 0 Å². The van der Waals surface area contributed by atoms with Gasteiger partial charge in [0.15, 0.2) is 0 Å². The summed E-state index contributed by atoms with van der Waals surface area (Å²) in [4.78, 5) is 40.1. The molecule has 1 aliphatic heterocycles. The van der Waals surface area contributed by atoms with E-state index in [2.05, 4.69) is 5.32 Å². The lowest BCUT2D eigenvalue weighted by molar-refractivity contribution is -0.141. The number of methoxy groups -OCH3 is 1. The van der Waals surface area contributed by atoms with Crippen molar-refractivity contribution in [1.82, 2.24) is 10.2 Å². The van der Waals surface area contributed by atoms with Gasteiger partial charge < -0.3 is 30.5 Å². The Balaban J connectivity index is 1.92. The molecule has 9 heteroatoms. The van der Waals surface area contributed by atoms with E-state index in [4.69, 9.17) is 15.2 Å². The van der Waals surface area contributed by atoms with Crippen molar-refractivity contribution in [1.29, 1.82) is 0 Å². The predicted octanol–water partition coefficient (Wildman–Crippen LogP) is 3.58. The van der Waals surface area contributed by atoms with E-state index in [0.29, 0.717) is 5.56 Å². The Bertz CT molecular complexity index is 1180. The number of benzene rings is 2. The third-order valence-electron chi connectivity index (χ3n) is 6.55. The predicted molar refractivity (Wildman–Crippen MR) is 144 cm³/mol. The number of hydrogen-bond donors (Lipinski definition) is 3. The van der Waals surface area contributed by atoms with E-state index in [9.17, 15) is 19.5 Å². The van der Waals surface area contributed by atoms with Crippen LogP contribution in [0.15, 0.2) is 48.5 Å². The molecule has 2 aromatic carbocycles. The average molecular weight is 526 g/mol. The third kappa shape index (κ3) is 6.64. The molecule has 1 unspecified atom stereocenters. The first kappa shape index (κ1) is 29.0. The number of nitrogens with two attached hydrogens (primary N) is 1. The summed E-state index contributed by atoms with van der Waals surface area (Å²) in [7, 11) is 1.60. The molecule has 1 aliphatic rings. The van der Waals surface area contributed by atoms with Crippen LogP contribution in [0.4, 0.5) is 4.79 Å². The first-order chi connectivity index (χ1) is 17.5. The molecule has 9 nitrogen and oxygen atoms in total. The molecule has 0 radical (unpaired) electrons. The topological polar surface area (TPSA) is 131 Å². The van der Waals surface area contributed by atoms with Gasteiger partial charge in [-0.2, -0.15) is 0 Å². The number of carbonyl (C=O) groups excluding carboxylic acids is 3. The summed E-state index contributed by atoms with van der Waals surface area (Å²) in [5.74, 6) is -0.522. The zero-order valence-corrected chi connectivity index (χ0v) is 23.2. The van der Waals surface area contributed by atoms with Crippen LogP contribution in [0.25, 0.3) is 11.1 Å². The minimum atomic E-state index is -1.52. The monoisotopic (exact) mass is 525 g/mol. The number of rotatable bonds is 6. The number of β-amino-alcohol motifs (C(OH)–C–C–N with tert-alkyl or cyclic N) is 1.